The van der Waals surface area contributed by atoms with Crippen LogP contribution in [0.15, 0.2) is 36.4 Å². The molecule has 5 nitrogen and oxygen atoms in total. The molecule has 2 aromatic carbocycles. The van der Waals surface area contributed by atoms with E-state index < -0.39 is 6.04 Å². The minimum absolute atomic E-state index is 0.0455. The Bertz CT molecular complexity index is 904. The minimum Gasteiger partial charge on any atom is -0.484 e. The molecule has 6 heteroatoms. The first-order chi connectivity index (χ1) is 15.2. The smallest absolute Gasteiger partial charge is 0.261 e. The van der Waals surface area contributed by atoms with Crippen molar-refractivity contribution in [1.82, 2.24) is 10.2 Å². The fourth-order valence-corrected chi connectivity index (χ4v) is 3.58. The van der Waals surface area contributed by atoms with Gasteiger partial charge in [-0.2, -0.15) is 0 Å². The molecule has 174 valence electrons. The van der Waals surface area contributed by atoms with Crippen molar-refractivity contribution >= 4 is 23.4 Å². The summed E-state index contributed by atoms with van der Waals surface area (Å²) >= 11 is 6.24. The second-order valence-electron chi connectivity index (χ2n) is 8.41. The molecule has 0 fully saturated rings. The molecule has 2 rings (SSSR count). The van der Waals surface area contributed by atoms with Crippen molar-refractivity contribution < 1.29 is 14.3 Å². The molecule has 2 atom stereocenters. The zero-order chi connectivity index (χ0) is 23.8. The third kappa shape index (κ3) is 6.99. The van der Waals surface area contributed by atoms with E-state index in [1.165, 1.54) is 0 Å². The van der Waals surface area contributed by atoms with Gasteiger partial charge in [-0.1, -0.05) is 55.3 Å². The van der Waals surface area contributed by atoms with Crippen LogP contribution >= 0.6 is 11.6 Å². The molecule has 0 radical (unpaired) electrons. The lowest BCUT2D eigenvalue weighted by Gasteiger charge is -2.31. The first-order valence-electron chi connectivity index (χ1n) is 11.2. The average molecular weight is 459 g/mol. The molecular formula is C26H35ClN2O3. The fraction of sp³-hybridized carbons (Fsp3) is 0.462. The van der Waals surface area contributed by atoms with Crippen molar-refractivity contribution in [3.05, 3.63) is 63.7 Å². The number of carbonyl (C=O) groups excluding carboxylic acids is 2. The van der Waals surface area contributed by atoms with Gasteiger partial charge in [-0.25, -0.2) is 0 Å². The number of rotatable bonds is 10. The molecule has 0 aliphatic rings. The van der Waals surface area contributed by atoms with Gasteiger partial charge in [-0.3, -0.25) is 9.59 Å². The number of ether oxygens (including phenoxy) is 1. The van der Waals surface area contributed by atoms with E-state index in [2.05, 4.69) is 5.32 Å². The predicted molar refractivity (Wildman–Crippen MR) is 130 cm³/mol. The largest absolute Gasteiger partial charge is 0.484 e. The second kappa shape index (κ2) is 11.9. The summed E-state index contributed by atoms with van der Waals surface area (Å²) in [6.45, 7) is 11.9. The van der Waals surface area contributed by atoms with E-state index in [1.807, 2.05) is 77.9 Å². The zero-order valence-corrected chi connectivity index (χ0v) is 20.8. The summed E-state index contributed by atoms with van der Waals surface area (Å²) in [5, 5.41) is 3.71. The summed E-state index contributed by atoms with van der Waals surface area (Å²) in [5.74, 6) is 0.215. The number of hydrogen-bond acceptors (Lipinski definition) is 3. The highest BCUT2D eigenvalue weighted by molar-refractivity contribution is 6.32. The quantitative estimate of drug-likeness (QED) is 0.521. The SMILES string of the molecule is CC[C@H](C)NC(=O)[C@H](CC)N(Cc1ccc(C)cc1)C(=O)COc1cc(C)c(Cl)c(C)c1. The van der Waals surface area contributed by atoms with E-state index in [9.17, 15) is 9.59 Å². The first kappa shape index (κ1) is 25.7. The Balaban J connectivity index is 2.24. The number of hydrogen-bond donors (Lipinski definition) is 1. The van der Waals surface area contributed by atoms with Crippen molar-refractivity contribution in [3.8, 4) is 5.75 Å². The molecule has 0 spiro atoms. The maximum absolute atomic E-state index is 13.3. The number of benzene rings is 2. The molecule has 0 aliphatic heterocycles. The van der Waals surface area contributed by atoms with Crippen molar-refractivity contribution in [2.24, 2.45) is 0 Å². The summed E-state index contributed by atoms with van der Waals surface area (Å²) in [5.41, 5.74) is 3.90. The van der Waals surface area contributed by atoms with Crippen LogP contribution in [-0.4, -0.2) is 35.4 Å². The number of nitrogens with one attached hydrogen (secondary N) is 1. The van der Waals surface area contributed by atoms with E-state index in [-0.39, 0.29) is 24.5 Å². The maximum atomic E-state index is 13.3. The molecule has 0 bridgehead atoms. The van der Waals surface area contributed by atoms with Gasteiger partial charge in [0.15, 0.2) is 6.61 Å². The van der Waals surface area contributed by atoms with Crippen LogP contribution in [0.25, 0.3) is 0 Å². The Kier molecular flexibility index (Phi) is 9.58. The van der Waals surface area contributed by atoms with Crippen molar-refractivity contribution in [2.45, 2.75) is 73.0 Å². The standard InChI is InChI=1S/C26H35ClN2O3/c1-7-20(6)28-26(31)23(8-2)29(15-21-11-9-17(3)10-12-21)24(30)16-32-22-13-18(4)25(27)19(5)14-22/h9-14,20,23H,7-8,15-16H2,1-6H3,(H,28,31)/t20-,23-/m0/s1. The lowest BCUT2D eigenvalue weighted by Crippen LogP contribution is -2.51. The molecule has 0 aliphatic carbocycles. The number of nitrogens with zero attached hydrogens (tertiary/aromatic N) is 1. The molecule has 0 heterocycles. The Morgan fingerprint density at radius 2 is 1.62 bits per heavy atom. The van der Waals surface area contributed by atoms with Gasteiger partial charge >= 0.3 is 0 Å². The van der Waals surface area contributed by atoms with E-state index >= 15 is 0 Å². The topological polar surface area (TPSA) is 58.6 Å². The molecule has 0 saturated heterocycles. The van der Waals surface area contributed by atoms with Crippen molar-refractivity contribution in [1.29, 1.82) is 0 Å². The molecule has 0 aromatic heterocycles. The van der Waals surface area contributed by atoms with Crippen LogP contribution in [0, 0.1) is 20.8 Å². The van der Waals surface area contributed by atoms with Gasteiger partial charge in [-0.05, 0) is 69.4 Å². The van der Waals surface area contributed by atoms with Crippen molar-refractivity contribution in [2.75, 3.05) is 6.61 Å². The Morgan fingerprint density at radius 3 is 2.16 bits per heavy atom. The van der Waals surface area contributed by atoms with Crippen molar-refractivity contribution in [3.63, 3.8) is 0 Å². The Morgan fingerprint density at radius 1 is 1.03 bits per heavy atom. The number of amides is 2. The maximum Gasteiger partial charge on any atom is 0.261 e. The minimum atomic E-state index is -0.574. The van der Waals surface area contributed by atoms with Crippen LogP contribution in [0.4, 0.5) is 0 Å². The average Bonchev–Trinajstić information content (AvgIpc) is 2.76. The van der Waals surface area contributed by atoms with Gasteiger partial charge in [0, 0.05) is 17.6 Å². The van der Waals surface area contributed by atoms with Crippen LogP contribution in [-0.2, 0) is 16.1 Å². The summed E-state index contributed by atoms with van der Waals surface area (Å²) in [4.78, 5) is 27.9. The van der Waals surface area contributed by atoms with Crippen LogP contribution in [0.5, 0.6) is 5.75 Å². The Labute approximate surface area is 197 Å². The van der Waals surface area contributed by atoms with E-state index in [0.29, 0.717) is 23.7 Å². The van der Waals surface area contributed by atoms with Gasteiger partial charge in [0.25, 0.3) is 5.91 Å². The van der Waals surface area contributed by atoms with Gasteiger partial charge in [0.2, 0.25) is 5.91 Å². The summed E-state index contributed by atoms with van der Waals surface area (Å²) in [6.07, 6.45) is 1.34. The normalized spacial score (nSPS) is 12.7. The first-order valence-corrected chi connectivity index (χ1v) is 11.6. The van der Waals surface area contributed by atoms with E-state index in [4.69, 9.17) is 16.3 Å². The predicted octanol–water partition coefficient (Wildman–Crippen LogP) is 5.37. The molecule has 0 unspecified atom stereocenters. The third-order valence-corrected chi connectivity index (χ3v) is 6.23. The molecular weight excluding hydrogens is 424 g/mol. The molecule has 2 aromatic rings. The summed E-state index contributed by atoms with van der Waals surface area (Å²) in [6, 6.07) is 11.1. The molecule has 32 heavy (non-hydrogen) atoms. The van der Waals surface area contributed by atoms with Crippen LogP contribution < -0.4 is 10.1 Å². The van der Waals surface area contributed by atoms with Gasteiger partial charge < -0.3 is 15.0 Å². The number of aryl methyl sites for hydroxylation is 3. The highest BCUT2D eigenvalue weighted by atomic mass is 35.5. The van der Waals surface area contributed by atoms with Gasteiger partial charge in [0.05, 0.1) is 0 Å². The highest BCUT2D eigenvalue weighted by Gasteiger charge is 2.29. The third-order valence-electron chi connectivity index (χ3n) is 5.63. The monoisotopic (exact) mass is 458 g/mol. The van der Waals surface area contributed by atoms with Crippen LogP contribution in [0.2, 0.25) is 5.02 Å². The highest BCUT2D eigenvalue weighted by Crippen LogP contribution is 2.26. The zero-order valence-electron chi connectivity index (χ0n) is 20.0. The lowest BCUT2D eigenvalue weighted by atomic mass is 10.1. The van der Waals surface area contributed by atoms with E-state index in [1.54, 1.807) is 4.90 Å². The second-order valence-corrected chi connectivity index (χ2v) is 8.79. The summed E-state index contributed by atoms with van der Waals surface area (Å²) < 4.78 is 5.82. The molecule has 1 N–H and O–H groups in total. The number of carbonyl (C=O) groups is 2. The van der Waals surface area contributed by atoms with Gasteiger partial charge in [-0.15, -0.1) is 0 Å². The summed E-state index contributed by atoms with van der Waals surface area (Å²) in [7, 11) is 0. The Hall–Kier alpha value is -2.53. The number of halogens is 1. The molecule has 0 saturated carbocycles. The lowest BCUT2D eigenvalue weighted by molar-refractivity contribution is -0.143. The van der Waals surface area contributed by atoms with Gasteiger partial charge in [0.1, 0.15) is 11.8 Å². The molecule has 2 amide bonds. The fourth-order valence-electron chi connectivity index (χ4n) is 3.47. The van der Waals surface area contributed by atoms with E-state index in [0.717, 1.165) is 28.7 Å². The van der Waals surface area contributed by atoms with Crippen LogP contribution in [0.1, 0.15) is 55.9 Å². The van der Waals surface area contributed by atoms with Crippen LogP contribution in [0.3, 0.4) is 0 Å².